The molecule has 9 aromatic rings. The quantitative estimate of drug-likeness (QED) is 0.161. The number of aliphatic imine (C=N–C) groups is 1. The van der Waals surface area contributed by atoms with E-state index in [0.29, 0.717) is 5.92 Å². The van der Waals surface area contributed by atoms with Gasteiger partial charge < -0.3 is 19.0 Å². The van der Waals surface area contributed by atoms with Crippen LogP contribution in [0.5, 0.6) is 0 Å². The second kappa shape index (κ2) is 13.9. The molecule has 2 aliphatic rings. The zero-order chi connectivity index (χ0) is 41.4. The van der Waals surface area contributed by atoms with Crippen LogP contribution in [0, 0.1) is 46.8 Å². The van der Waals surface area contributed by atoms with Crippen LogP contribution in [0.3, 0.4) is 0 Å². The summed E-state index contributed by atoms with van der Waals surface area (Å²) in [5.74, 6) is 1.39. The number of hydrogen-bond acceptors (Lipinski definition) is 3. The van der Waals surface area contributed by atoms with E-state index in [9.17, 15) is 0 Å². The Morgan fingerprint density at radius 1 is 0.656 bits per heavy atom. The van der Waals surface area contributed by atoms with Crippen LogP contribution >= 0.6 is 0 Å². The van der Waals surface area contributed by atoms with Crippen LogP contribution in [-0.4, -0.2) is 25.5 Å². The van der Waals surface area contributed by atoms with Crippen molar-refractivity contribution >= 4 is 55.3 Å². The molecule has 11 rings (SSSR count). The van der Waals surface area contributed by atoms with Gasteiger partial charge in [0.2, 0.25) is 0 Å². The molecule has 0 unspecified atom stereocenters. The van der Waals surface area contributed by atoms with Crippen molar-refractivity contribution in [2.45, 2.75) is 85.7 Å². The zero-order valence-electron chi connectivity index (χ0n) is 36.3. The normalized spacial score (nSPS) is 18.4. The number of nitrogens with zero attached hydrogens (tertiary/aromatic N) is 5. The molecule has 3 aromatic heterocycles. The number of pyridine rings is 1. The molecule has 0 amide bonds. The van der Waals surface area contributed by atoms with Crippen LogP contribution in [0.25, 0.3) is 55.1 Å². The molecule has 2 atom stereocenters. The Labute approximate surface area is 373 Å². The summed E-state index contributed by atoms with van der Waals surface area (Å²) >= 11 is 0. The molecule has 5 nitrogen and oxygen atoms in total. The van der Waals surface area contributed by atoms with E-state index < -0.39 is 5.54 Å². The van der Waals surface area contributed by atoms with E-state index in [0.717, 1.165) is 67.7 Å². The summed E-state index contributed by atoms with van der Waals surface area (Å²) in [6.45, 7) is 20.3. The Balaban J connectivity index is 0.00000445. The molecule has 0 spiro atoms. The van der Waals surface area contributed by atoms with E-state index in [1.807, 2.05) is 12.3 Å². The average Bonchev–Trinajstić information content (AvgIpc) is 3.87. The molecule has 304 valence electrons. The van der Waals surface area contributed by atoms with Gasteiger partial charge in [-0.2, -0.15) is 6.07 Å². The first-order valence-corrected chi connectivity index (χ1v) is 21.3. The van der Waals surface area contributed by atoms with Crippen molar-refractivity contribution in [1.29, 1.82) is 0 Å². The topological polar surface area (TPSA) is 38.4 Å². The van der Waals surface area contributed by atoms with E-state index in [-0.39, 0.29) is 26.6 Å². The van der Waals surface area contributed by atoms with E-state index in [2.05, 4.69) is 192 Å². The third-order valence-electron chi connectivity index (χ3n) is 13.9. The largest absolute Gasteiger partial charge is 2.00 e. The van der Waals surface area contributed by atoms with Crippen LogP contribution < -0.4 is 4.90 Å². The van der Waals surface area contributed by atoms with Crippen LogP contribution in [0.4, 0.5) is 5.69 Å². The minimum Gasteiger partial charge on any atom is -0.354 e. The Kier molecular flexibility index (Phi) is 8.96. The Morgan fingerprint density at radius 3 is 2.18 bits per heavy atom. The Morgan fingerprint density at radius 2 is 1.39 bits per heavy atom. The third kappa shape index (κ3) is 5.55. The van der Waals surface area contributed by atoms with Gasteiger partial charge in [-0.1, -0.05) is 97.7 Å². The van der Waals surface area contributed by atoms with Gasteiger partial charge >= 0.3 is 21.1 Å². The van der Waals surface area contributed by atoms with Crippen molar-refractivity contribution in [2.24, 2.45) is 4.99 Å². The van der Waals surface area contributed by atoms with E-state index in [1.54, 1.807) is 0 Å². The van der Waals surface area contributed by atoms with Gasteiger partial charge in [-0.05, 0) is 123 Å². The standard InChI is InChI=1S/C55H49N5.Pt/c1-32(2)38-19-23-47-45(28-38)43-14-12-24-56-53(43)58(47)41-20-21-42-44-27-33(3)16-22-48(44)59(50(42)30-41)49-29-39(18-17-35(49)5)52-57-54(8)31-40-13-10-11-15-46(40)55(54,9)60(52)51-36(6)25-34(4)26-37(51)7;/h10-28,32H,31H2,1-9H3;/q-2;+2/t54-,55+;/m1./s1. The molecular weight excluding hydrogens is 926 g/mol. The number of aromatic nitrogens is 3. The van der Waals surface area contributed by atoms with E-state index in [4.69, 9.17) is 9.98 Å². The van der Waals surface area contributed by atoms with E-state index in [1.165, 1.54) is 55.4 Å². The van der Waals surface area contributed by atoms with Crippen molar-refractivity contribution in [1.82, 2.24) is 14.1 Å². The van der Waals surface area contributed by atoms with Crippen molar-refractivity contribution in [3.8, 4) is 11.4 Å². The van der Waals surface area contributed by atoms with Crippen LogP contribution in [0.1, 0.15) is 83.7 Å². The number of benzene rings is 6. The Hall–Kier alpha value is -5.77. The summed E-state index contributed by atoms with van der Waals surface area (Å²) in [6, 6.07) is 48.4. The van der Waals surface area contributed by atoms with Gasteiger partial charge in [0.05, 0.1) is 22.4 Å². The second-order valence-electron chi connectivity index (χ2n) is 18.2. The van der Waals surface area contributed by atoms with Gasteiger partial charge in [-0.25, -0.2) is 4.98 Å². The van der Waals surface area contributed by atoms with Crippen molar-refractivity contribution < 1.29 is 21.1 Å². The average molecular weight is 975 g/mol. The molecule has 0 N–H and O–H groups in total. The second-order valence-corrected chi connectivity index (χ2v) is 18.2. The summed E-state index contributed by atoms with van der Waals surface area (Å²) in [5.41, 5.74) is 17.7. The van der Waals surface area contributed by atoms with Gasteiger partial charge in [-0.15, -0.1) is 46.8 Å². The molecule has 1 aliphatic carbocycles. The number of rotatable bonds is 5. The zero-order valence-corrected chi connectivity index (χ0v) is 38.6. The number of amidine groups is 1. The molecule has 0 saturated carbocycles. The summed E-state index contributed by atoms with van der Waals surface area (Å²) in [5, 5.41) is 4.71. The number of aryl methyl sites for hydroxylation is 5. The minimum atomic E-state index is -0.401. The smallest absolute Gasteiger partial charge is 0.354 e. The molecule has 61 heavy (non-hydrogen) atoms. The fourth-order valence-corrected chi connectivity index (χ4v) is 10.8. The summed E-state index contributed by atoms with van der Waals surface area (Å²) in [4.78, 5) is 13.3. The first-order chi connectivity index (χ1) is 28.9. The predicted octanol–water partition coefficient (Wildman–Crippen LogP) is 13.0. The van der Waals surface area contributed by atoms with Gasteiger partial charge in [0.25, 0.3) is 0 Å². The first kappa shape index (κ1) is 39.4. The maximum Gasteiger partial charge on any atom is 2.00 e. The fraction of sp³-hybridized carbons (Fsp3) is 0.236. The molecular formula is C55H49N5Pt. The first-order valence-electron chi connectivity index (χ1n) is 21.3. The monoisotopic (exact) mass is 974 g/mol. The molecule has 0 radical (unpaired) electrons. The number of hydrogen-bond donors (Lipinski definition) is 0. The molecule has 0 saturated heterocycles. The Bertz CT molecular complexity index is 3300. The van der Waals surface area contributed by atoms with Gasteiger partial charge in [0.1, 0.15) is 5.65 Å². The molecule has 6 aromatic carbocycles. The molecule has 6 heteroatoms. The third-order valence-corrected chi connectivity index (χ3v) is 13.9. The maximum absolute atomic E-state index is 5.80. The van der Waals surface area contributed by atoms with Crippen molar-refractivity contribution in [3.63, 3.8) is 0 Å². The van der Waals surface area contributed by atoms with Crippen molar-refractivity contribution in [2.75, 3.05) is 4.90 Å². The molecule has 0 fully saturated rings. The predicted molar refractivity (Wildman–Crippen MR) is 250 cm³/mol. The molecule has 1 aliphatic heterocycles. The van der Waals surface area contributed by atoms with Gasteiger partial charge in [0.15, 0.2) is 0 Å². The van der Waals surface area contributed by atoms with Gasteiger partial charge in [-0.3, -0.25) is 0 Å². The van der Waals surface area contributed by atoms with Crippen LogP contribution in [-0.2, 0) is 33.0 Å². The fourth-order valence-electron chi connectivity index (χ4n) is 10.8. The van der Waals surface area contributed by atoms with Crippen LogP contribution in [0.15, 0.2) is 120 Å². The molecule has 0 bridgehead atoms. The maximum atomic E-state index is 5.80. The van der Waals surface area contributed by atoms with Crippen LogP contribution in [0.2, 0.25) is 0 Å². The SMILES string of the molecule is Cc1cc(C)c(N2C(c3[c-]c(-n4c5[c-]c(-n6c7ccc(C(C)C)cc7c7cccnc76)ccc5c5cc(C)ccc54)c(C)cc3)=N[C@]3(C)Cc4ccccc4[C@]23C)c(C)c1.[Pt+2]. The summed E-state index contributed by atoms with van der Waals surface area (Å²) in [6.07, 6.45) is 2.77. The summed E-state index contributed by atoms with van der Waals surface area (Å²) in [7, 11) is 0. The number of anilines is 1. The van der Waals surface area contributed by atoms with E-state index >= 15 is 0 Å². The van der Waals surface area contributed by atoms with Crippen molar-refractivity contribution in [3.05, 3.63) is 178 Å². The number of fused-ring (bicyclic) bond motifs is 9. The summed E-state index contributed by atoms with van der Waals surface area (Å²) < 4.78 is 4.66. The van der Waals surface area contributed by atoms with Gasteiger partial charge in [0, 0.05) is 28.2 Å². The molecule has 4 heterocycles. The minimum absolute atomic E-state index is 0.